The van der Waals surface area contributed by atoms with E-state index in [9.17, 15) is 4.79 Å². The van der Waals surface area contributed by atoms with Crippen molar-refractivity contribution in [1.82, 2.24) is 0 Å². The van der Waals surface area contributed by atoms with Gasteiger partial charge in [0, 0.05) is 5.56 Å². The Labute approximate surface area is 119 Å². The number of hydrogen-bond donors (Lipinski definition) is 0. The number of ether oxygens (including phenoxy) is 2. The minimum absolute atomic E-state index is 0.0693. The van der Waals surface area contributed by atoms with Gasteiger partial charge in [0.25, 0.3) is 0 Å². The van der Waals surface area contributed by atoms with Gasteiger partial charge in [-0.05, 0) is 37.5 Å². The van der Waals surface area contributed by atoms with E-state index >= 15 is 0 Å². The Morgan fingerprint density at radius 3 is 2.53 bits per heavy atom. The van der Waals surface area contributed by atoms with E-state index in [-0.39, 0.29) is 18.5 Å². The highest BCUT2D eigenvalue weighted by atomic mass is 35.5. The third-order valence-corrected chi connectivity index (χ3v) is 3.07. The summed E-state index contributed by atoms with van der Waals surface area (Å²) in [5, 5.41) is 0.434. The van der Waals surface area contributed by atoms with Gasteiger partial charge in [-0.25, -0.2) is 0 Å². The van der Waals surface area contributed by atoms with Crippen molar-refractivity contribution in [2.75, 3.05) is 13.7 Å². The molecule has 0 heterocycles. The largest absolute Gasteiger partial charge is 0.495 e. The van der Waals surface area contributed by atoms with Crippen LogP contribution in [0.25, 0.3) is 0 Å². The summed E-state index contributed by atoms with van der Waals surface area (Å²) in [7, 11) is 1.54. The smallest absolute Gasteiger partial charge is 0.188 e. The van der Waals surface area contributed by atoms with Gasteiger partial charge >= 0.3 is 0 Å². The van der Waals surface area contributed by atoms with Crippen molar-refractivity contribution in [3.63, 3.8) is 0 Å². The van der Waals surface area contributed by atoms with Crippen molar-refractivity contribution in [3.8, 4) is 5.75 Å². The highest BCUT2D eigenvalue weighted by Crippen LogP contribution is 2.25. The first-order valence-corrected chi connectivity index (χ1v) is 6.80. The first-order valence-electron chi connectivity index (χ1n) is 6.42. The Hall–Kier alpha value is -1.06. The highest BCUT2D eigenvalue weighted by molar-refractivity contribution is 6.32. The zero-order chi connectivity index (χ0) is 14.4. The van der Waals surface area contributed by atoms with Crippen LogP contribution >= 0.6 is 11.6 Å². The van der Waals surface area contributed by atoms with E-state index in [1.54, 1.807) is 25.3 Å². The molecule has 1 aromatic rings. The van der Waals surface area contributed by atoms with E-state index in [1.807, 2.05) is 6.92 Å². The van der Waals surface area contributed by atoms with Crippen molar-refractivity contribution >= 4 is 17.4 Å². The van der Waals surface area contributed by atoms with E-state index in [4.69, 9.17) is 21.1 Å². The standard InChI is InChI=1S/C15H21ClO3/c1-10(2)7-11(3)19-9-14(17)12-5-6-15(18-4)13(16)8-12/h5-6,8,10-11H,7,9H2,1-4H3. The molecule has 1 atom stereocenters. The predicted octanol–water partition coefficient (Wildman–Crippen LogP) is 3.98. The lowest BCUT2D eigenvalue weighted by molar-refractivity contribution is 0.0445. The molecule has 0 aromatic heterocycles. The second-order valence-corrected chi connectivity index (χ2v) is 5.43. The van der Waals surface area contributed by atoms with Crippen molar-refractivity contribution in [2.45, 2.75) is 33.3 Å². The van der Waals surface area contributed by atoms with E-state index in [0.29, 0.717) is 22.3 Å². The summed E-state index contributed by atoms with van der Waals surface area (Å²) in [6.07, 6.45) is 1.02. The van der Waals surface area contributed by atoms with Gasteiger partial charge < -0.3 is 9.47 Å². The number of carbonyl (C=O) groups is 1. The van der Waals surface area contributed by atoms with E-state index in [0.717, 1.165) is 6.42 Å². The molecule has 1 rings (SSSR count). The molecule has 106 valence electrons. The van der Waals surface area contributed by atoms with Crippen molar-refractivity contribution in [3.05, 3.63) is 28.8 Å². The molecule has 0 saturated heterocycles. The van der Waals surface area contributed by atoms with Gasteiger partial charge in [0.1, 0.15) is 12.4 Å². The minimum atomic E-state index is -0.0693. The van der Waals surface area contributed by atoms with Crippen LogP contribution in [-0.4, -0.2) is 25.6 Å². The second kappa shape index (κ2) is 7.51. The number of methoxy groups -OCH3 is 1. The minimum Gasteiger partial charge on any atom is -0.495 e. The van der Waals surface area contributed by atoms with Gasteiger partial charge in [0.05, 0.1) is 18.2 Å². The Kier molecular flexibility index (Phi) is 6.32. The summed E-state index contributed by atoms with van der Waals surface area (Å²) in [6.45, 7) is 6.32. The first kappa shape index (κ1) is 16.0. The highest BCUT2D eigenvalue weighted by Gasteiger charge is 2.12. The van der Waals surface area contributed by atoms with Gasteiger partial charge in [-0.3, -0.25) is 4.79 Å². The van der Waals surface area contributed by atoms with Crippen LogP contribution in [-0.2, 0) is 4.74 Å². The molecule has 0 bridgehead atoms. The molecule has 0 aliphatic rings. The zero-order valence-electron chi connectivity index (χ0n) is 11.9. The predicted molar refractivity (Wildman–Crippen MR) is 77.2 cm³/mol. The monoisotopic (exact) mass is 284 g/mol. The molecule has 0 aliphatic carbocycles. The molecular formula is C15H21ClO3. The van der Waals surface area contributed by atoms with Crippen LogP contribution in [0.3, 0.4) is 0 Å². The maximum Gasteiger partial charge on any atom is 0.188 e. The van der Waals surface area contributed by atoms with E-state index in [1.165, 1.54) is 0 Å². The van der Waals surface area contributed by atoms with Crippen LogP contribution in [0, 0.1) is 5.92 Å². The molecule has 0 fully saturated rings. The molecule has 3 nitrogen and oxygen atoms in total. The zero-order valence-corrected chi connectivity index (χ0v) is 12.7. The van der Waals surface area contributed by atoms with Gasteiger partial charge in [-0.2, -0.15) is 0 Å². The van der Waals surface area contributed by atoms with Crippen LogP contribution in [0.1, 0.15) is 37.6 Å². The Balaban J connectivity index is 2.56. The lowest BCUT2D eigenvalue weighted by atomic mass is 10.1. The lowest BCUT2D eigenvalue weighted by Gasteiger charge is -2.14. The third-order valence-electron chi connectivity index (χ3n) is 2.78. The van der Waals surface area contributed by atoms with Crippen LogP contribution in [0.15, 0.2) is 18.2 Å². The van der Waals surface area contributed by atoms with Crippen molar-refractivity contribution in [1.29, 1.82) is 0 Å². The van der Waals surface area contributed by atoms with E-state index < -0.39 is 0 Å². The Bertz CT molecular complexity index is 429. The number of hydrogen-bond acceptors (Lipinski definition) is 3. The van der Waals surface area contributed by atoms with Crippen LogP contribution in [0.2, 0.25) is 5.02 Å². The molecule has 1 unspecified atom stereocenters. The average Bonchev–Trinajstić information content (AvgIpc) is 2.35. The maximum atomic E-state index is 12.0. The fraction of sp³-hybridized carbons (Fsp3) is 0.533. The molecule has 19 heavy (non-hydrogen) atoms. The average molecular weight is 285 g/mol. The summed E-state index contributed by atoms with van der Waals surface area (Å²) in [5.74, 6) is 1.05. The summed E-state index contributed by atoms with van der Waals surface area (Å²) < 4.78 is 10.6. The SMILES string of the molecule is COc1ccc(C(=O)COC(C)CC(C)C)cc1Cl. The second-order valence-electron chi connectivity index (χ2n) is 5.02. The normalized spacial score (nSPS) is 12.5. The first-order chi connectivity index (χ1) is 8.93. The van der Waals surface area contributed by atoms with Gasteiger partial charge in [0.15, 0.2) is 5.78 Å². The maximum absolute atomic E-state index is 12.0. The molecule has 0 N–H and O–H groups in total. The Morgan fingerprint density at radius 2 is 2.00 bits per heavy atom. The van der Waals surface area contributed by atoms with Crippen LogP contribution in [0.4, 0.5) is 0 Å². The number of benzene rings is 1. The molecule has 1 aromatic carbocycles. The summed E-state index contributed by atoms with van der Waals surface area (Å²) in [4.78, 5) is 12.0. The quantitative estimate of drug-likeness (QED) is 0.711. The lowest BCUT2D eigenvalue weighted by Crippen LogP contribution is -2.17. The van der Waals surface area contributed by atoms with Gasteiger partial charge in [-0.1, -0.05) is 25.4 Å². The topological polar surface area (TPSA) is 35.5 Å². The molecular weight excluding hydrogens is 264 g/mol. The van der Waals surface area contributed by atoms with Gasteiger partial charge in [-0.15, -0.1) is 0 Å². The molecule has 0 aliphatic heterocycles. The third kappa shape index (κ3) is 5.21. The fourth-order valence-electron chi connectivity index (χ4n) is 1.87. The number of carbonyl (C=O) groups excluding carboxylic acids is 1. The molecule has 0 spiro atoms. The number of ketones is 1. The Morgan fingerprint density at radius 1 is 1.32 bits per heavy atom. The number of halogens is 1. The summed E-state index contributed by atoms with van der Waals surface area (Å²) in [6, 6.07) is 5.00. The molecule has 4 heteroatoms. The summed E-state index contributed by atoms with van der Waals surface area (Å²) >= 11 is 5.99. The fourth-order valence-corrected chi connectivity index (χ4v) is 2.13. The van der Waals surface area contributed by atoms with Crippen molar-refractivity contribution < 1.29 is 14.3 Å². The van der Waals surface area contributed by atoms with E-state index in [2.05, 4.69) is 13.8 Å². The van der Waals surface area contributed by atoms with Crippen LogP contribution in [0.5, 0.6) is 5.75 Å². The van der Waals surface area contributed by atoms with Crippen LogP contribution < -0.4 is 4.74 Å². The molecule has 0 saturated carbocycles. The van der Waals surface area contributed by atoms with Crippen molar-refractivity contribution in [2.24, 2.45) is 5.92 Å². The molecule has 0 amide bonds. The summed E-state index contributed by atoms with van der Waals surface area (Å²) in [5.41, 5.74) is 0.544. The number of Topliss-reactive ketones (excluding diaryl/α,β-unsaturated/α-hetero) is 1. The number of rotatable bonds is 7. The molecule has 0 radical (unpaired) electrons. The van der Waals surface area contributed by atoms with Gasteiger partial charge in [0.2, 0.25) is 0 Å².